The van der Waals surface area contributed by atoms with E-state index >= 15 is 0 Å². The van der Waals surface area contributed by atoms with Gasteiger partial charge in [0.15, 0.2) is 0 Å². The van der Waals surface area contributed by atoms with E-state index in [4.69, 9.17) is 14.2 Å². The monoisotopic (exact) mass is 1150 g/mol. The van der Waals surface area contributed by atoms with Crippen LogP contribution in [0.2, 0.25) is 0 Å². The van der Waals surface area contributed by atoms with Gasteiger partial charge in [-0.05, 0) is 175 Å². The van der Waals surface area contributed by atoms with Gasteiger partial charge in [0.2, 0.25) is 0 Å². The molecular weight excluding hydrogens is 1060 g/mol. The Labute approximate surface area is 425 Å². The number of halogens is 2. The van der Waals surface area contributed by atoms with Gasteiger partial charge in [-0.25, -0.2) is 0 Å². The molecule has 0 aliphatic heterocycles. The maximum atomic E-state index is 14.1. The summed E-state index contributed by atoms with van der Waals surface area (Å²) in [4.78, 5) is 28.1. The first-order valence-corrected chi connectivity index (χ1v) is 29.3. The van der Waals surface area contributed by atoms with Gasteiger partial charge in [0, 0.05) is 28.1 Å². The molecule has 9 atom stereocenters. The van der Waals surface area contributed by atoms with Crippen LogP contribution in [-0.2, 0) is 23.8 Å². The number of fused-ring (bicyclic) bond motifs is 4. The fraction of sp³-hybridized carbons (Fsp3) is 0.964. The predicted molar refractivity (Wildman–Crippen MR) is 274 cm³/mol. The van der Waals surface area contributed by atoms with Crippen LogP contribution in [0.1, 0.15) is 247 Å². The van der Waals surface area contributed by atoms with Gasteiger partial charge in [-0.3, -0.25) is 9.59 Å². The summed E-state index contributed by atoms with van der Waals surface area (Å²) in [5, 5.41) is 52.4. The van der Waals surface area contributed by atoms with Gasteiger partial charge in [-0.15, -0.1) is 0 Å². The van der Waals surface area contributed by atoms with Gasteiger partial charge in [0.25, 0.3) is 0 Å². The van der Waals surface area contributed by atoms with Crippen LogP contribution in [0.15, 0.2) is 0 Å². The Morgan fingerprint density at radius 1 is 0.515 bits per heavy atom. The van der Waals surface area contributed by atoms with Crippen molar-refractivity contribution in [1.82, 2.24) is 0 Å². The van der Waals surface area contributed by atoms with Crippen molar-refractivity contribution < 1.29 is 44.2 Å². The number of carbonyl (C=O) groups excluding carboxylic acids is 2. The smallest absolute Gasteiger partial charge is 0.322 e. The molecule has 0 heterocycles. The molecule has 4 N–H and O–H groups in total. The van der Waals surface area contributed by atoms with Crippen LogP contribution in [0, 0.1) is 27.6 Å². The van der Waals surface area contributed by atoms with Crippen molar-refractivity contribution >= 4 is 57.1 Å². The molecule has 0 radical (unpaired) electrons. The molecule has 0 amide bonds. The normalized spacial score (nSPS) is 45.2. The number of hydrogen-bond donors (Lipinski definition) is 4. The van der Waals surface area contributed by atoms with E-state index in [1.54, 1.807) is 0 Å². The molecule has 4 bridgehead atoms. The van der Waals surface area contributed by atoms with E-state index in [1.165, 1.54) is 0 Å². The zero-order chi connectivity index (χ0) is 47.6. The average molecular weight is 1150 g/mol. The zero-order valence-corrected chi connectivity index (χ0v) is 46.2. The lowest BCUT2D eigenvalue weighted by atomic mass is 9.40. The lowest BCUT2D eigenvalue weighted by Gasteiger charge is -2.68. The minimum atomic E-state index is -1.03. The molecule has 9 saturated carbocycles. The Morgan fingerprint density at radius 2 is 0.894 bits per heavy atom. The highest BCUT2D eigenvalue weighted by Gasteiger charge is 2.73. The van der Waals surface area contributed by atoms with Crippen molar-refractivity contribution in [2.24, 2.45) is 27.6 Å². The number of ether oxygens (including phenoxy) is 3. The van der Waals surface area contributed by atoms with Crippen molar-refractivity contribution in [2.75, 3.05) is 0 Å². The molecule has 9 aliphatic rings. The van der Waals surface area contributed by atoms with Gasteiger partial charge < -0.3 is 34.6 Å². The van der Waals surface area contributed by atoms with Crippen LogP contribution in [-0.4, -0.2) is 84.5 Å². The number of alkyl halides is 2. The van der Waals surface area contributed by atoms with Gasteiger partial charge in [0.05, 0.1) is 34.1 Å². The van der Waals surface area contributed by atoms with Crippen molar-refractivity contribution in [2.45, 2.75) is 299 Å². The summed E-state index contributed by atoms with van der Waals surface area (Å²) < 4.78 is 20.1. The van der Waals surface area contributed by atoms with E-state index in [0.29, 0.717) is 89.9 Å². The third-order valence-corrected chi connectivity index (χ3v) is 24.3. The second-order valence-electron chi connectivity index (χ2n) is 26.4. The molecule has 66 heavy (non-hydrogen) atoms. The van der Waals surface area contributed by atoms with Crippen LogP contribution in [0.25, 0.3) is 0 Å². The first-order valence-electron chi connectivity index (χ1n) is 27.2. The first kappa shape index (κ1) is 51.1. The third-order valence-electron chi connectivity index (χ3n) is 21.9. The maximum Gasteiger partial charge on any atom is 0.322 e. The summed E-state index contributed by atoms with van der Waals surface area (Å²) in [7, 11) is 0. The van der Waals surface area contributed by atoms with E-state index in [0.717, 1.165) is 116 Å². The lowest BCUT2D eigenvalue weighted by molar-refractivity contribution is -0.275. The van der Waals surface area contributed by atoms with Crippen molar-refractivity contribution in [3.8, 4) is 0 Å². The average Bonchev–Trinajstić information content (AvgIpc) is 4.11. The minimum Gasteiger partial charge on any atom is -0.458 e. The largest absolute Gasteiger partial charge is 0.458 e. The molecule has 9 nitrogen and oxygen atoms in total. The summed E-state index contributed by atoms with van der Waals surface area (Å²) in [6.45, 7) is 12.3. The Kier molecular flexibility index (Phi) is 13.3. The highest BCUT2D eigenvalue weighted by molar-refractivity contribution is 14.1. The Balaban J connectivity index is 1.05. The Hall–Kier alpha value is 0.200. The predicted octanol–water partition coefficient (Wildman–Crippen LogP) is 12.2. The lowest BCUT2D eigenvalue weighted by Crippen LogP contribution is -2.68. The van der Waals surface area contributed by atoms with Crippen LogP contribution >= 0.6 is 45.2 Å². The molecule has 11 heteroatoms. The van der Waals surface area contributed by atoms with Gasteiger partial charge in [-0.1, -0.05) is 117 Å². The van der Waals surface area contributed by atoms with Crippen LogP contribution < -0.4 is 0 Å². The van der Waals surface area contributed by atoms with Crippen LogP contribution in [0.5, 0.6) is 0 Å². The molecule has 0 aromatic rings. The third kappa shape index (κ3) is 8.26. The molecule has 9 unspecified atom stereocenters. The first-order chi connectivity index (χ1) is 30.8. The van der Waals surface area contributed by atoms with Crippen LogP contribution in [0.3, 0.4) is 0 Å². The number of carbonyl (C=O) groups is 2. The van der Waals surface area contributed by atoms with Gasteiger partial charge in [0.1, 0.15) is 18.0 Å². The van der Waals surface area contributed by atoms with E-state index in [1.807, 2.05) is 20.8 Å². The summed E-state index contributed by atoms with van der Waals surface area (Å²) in [5.74, 6) is -0.510. The molecule has 9 aliphatic carbocycles. The fourth-order valence-electron chi connectivity index (χ4n) is 18.6. The number of esters is 2. The van der Waals surface area contributed by atoms with E-state index < -0.39 is 56.9 Å². The molecule has 9 fully saturated rings. The van der Waals surface area contributed by atoms with E-state index in [9.17, 15) is 30.0 Å². The quantitative estimate of drug-likeness (QED) is 0.0805. The molecule has 376 valence electrons. The van der Waals surface area contributed by atoms with Gasteiger partial charge in [-0.2, -0.15) is 0 Å². The van der Waals surface area contributed by atoms with Crippen LogP contribution in [0.4, 0.5) is 0 Å². The summed E-state index contributed by atoms with van der Waals surface area (Å²) in [6.07, 6.45) is 25.8. The van der Waals surface area contributed by atoms with Gasteiger partial charge >= 0.3 is 11.9 Å². The number of aliphatic hydroxyl groups is 4. The second-order valence-corrected chi connectivity index (χ2v) is 31.2. The van der Waals surface area contributed by atoms with E-state index in [2.05, 4.69) is 66.0 Å². The summed E-state index contributed by atoms with van der Waals surface area (Å²) in [6, 6.07) is 0. The number of hydrogen-bond acceptors (Lipinski definition) is 9. The van der Waals surface area contributed by atoms with Crippen molar-refractivity contribution in [3.63, 3.8) is 0 Å². The summed E-state index contributed by atoms with van der Waals surface area (Å²) >= 11 is 4.50. The van der Waals surface area contributed by atoms with Crippen molar-refractivity contribution in [1.29, 1.82) is 0 Å². The zero-order valence-electron chi connectivity index (χ0n) is 41.9. The number of rotatable bonds is 13. The van der Waals surface area contributed by atoms with E-state index in [-0.39, 0.29) is 34.8 Å². The standard InChI is InChI=1S/C55H88I2O9/c1-7-45(5,56)41(58)65-43(3)33-47(52(61)21-9-10-22-52)19-17-20-48(34-43,37-47)55(27-15-16-28-55)64-40-18-29-51(60,32-40)39-30-49(53(62)23-11-12-24-53)35-44(4,66-42(59)46(6,57)8-2)36-50(31-39,38-49)54(63)25-13-14-26-54/h39-40,60-63H,7-38H2,1-6H3. The maximum absolute atomic E-state index is 14.1. The fourth-order valence-corrected chi connectivity index (χ4v) is 18.8. The SMILES string of the molecule is CCC(C)(I)C(=O)OC1(C)CC2(C3(O)CCCC3)CC(C3(O)CCC(OC4(C56CCCC(C7(O)CCCC7)(CC(C)(OC(=O)C(C)(I)CC)C5)C6)CCCC4)C3)CC(C3(O)CCCC3)(C1)C2. The molecule has 0 aromatic carbocycles. The molecular formula is C55H88I2O9. The minimum absolute atomic E-state index is 0.144. The molecule has 0 spiro atoms. The molecule has 0 aromatic heterocycles. The highest BCUT2D eigenvalue weighted by atomic mass is 127. The Bertz CT molecular complexity index is 1800. The molecule has 9 rings (SSSR count). The second kappa shape index (κ2) is 17.1. The highest BCUT2D eigenvalue weighted by Crippen LogP contribution is 2.74. The summed E-state index contributed by atoms with van der Waals surface area (Å²) in [5.41, 5.74) is -7.64. The topological polar surface area (TPSA) is 143 Å². The molecule has 0 saturated heterocycles. The van der Waals surface area contributed by atoms with Crippen molar-refractivity contribution in [3.05, 3.63) is 0 Å². The Morgan fingerprint density at radius 3 is 1.35 bits per heavy atom.